The number of nitrogens with zero attached hydrogens (tertiary/aromatic N) is 2. The van der Waals surface area contributed by atoms with Crippen molar-refractivity contribution in [3.63, 3.8) is 0 Å². The summed E-state index contributed by atoms with van der Waals surface area (Å²) in [5, 5.41) is 13.3. The number of alkyl carbamates (subject to hydrolysis) is 1. The summed E-state index contributed by atoms with van der Waals surface area (Å²) in [6, 6.07) is 3.71. The molecule has 0 fully saturated rings. The average molecular weight is 336 g/mol. The Bertz CT molecular complexity index is 659. The summed E-state index contributed by atoms with van der Waals surface area (Å²) in [6.07, 6.45) is 0.989. The third kappa shape index (κ3) is 5.74. The first kappa shape index (κ1) is 17.0. The van der Waals surface area contributed by atoms with E-state index in [2.05, 4.69) is 15.7 Å². The van der Waals surface area contributed by atoms with Gasteiger partial charge in [0, 0.05) is 6.07 Å². The molecule has 0 bridgehead atoms. The van der Waals surface area contributed by atoms with Gasteiger partial charge in [-0.3, -0.25) is 4.79 Å². The molecule has 0 aliphatic carbocycles. The summed E-state index contributed by atoms with van der Waals surface area (Å²) in [5.74, 6) is 0.232. The molecule has 8 heteroatoms. The van der Waals surface area contributed by atoms with E-state index in [4.69, 9.17) is 4.74 Å². The van der Waals surface area contributed by atoms with Crippen molar-refractivity contribution in [3.05, 3.63) is 34.7 Å². The third-order valence-corrected chi connectivity index (χ3v) is 3.42. The van der Waals surface area contributed by atoms with Gasteiger partial charge in [-0.1, -0.05) is 0 Å². The summed E-state index contributed by atoms with van der Waals surface area (Å²) in [6.45, 7) is 5.69. The normalized spacial score (nSPS) is 11.1. The molecule has 124 valence electrons. The number of nitrogens with one attached hydrogen (secondary N) is 2. The van der Waals surface area contributed by atoms with Crippen molar-refractivity contribution >= 4 is 29.2 Å². The Morgan fingerprint density at radius 1 is 1.35 bits per heavy atom. The highest BCUT2D eigenvalue weighted by Gasteiger charge is 2.17. The monoisotopic (exact) mass is 336 g/mol. The second kappa shape index (κ2) is 7.28. The van der Waals surface area contributed by atoms with Gasteiger partial charge < -0.3 is 15.4 Å². The number of carbonyl (C=O) groups is 2. The van der Waals surface area contributed by atoms with Crippen molar-refractivity contribution in [2.24, 2.45) is 0 Å². The van der Waals surface area contributed by atoms with Gasteiger partial charge in [-0.05, 0) is 43.2 Å². The molecule has 0 aromatic carbocycles. The van der Waals surface area contributed by atoms with Crippen molar-refractivity contribution in [1.29, 1.82) is 0 Å². The van der Waals surface area contributed by atoms with E-state index >= 15 is 0 Å². The van der Waals surface area contributed by atoms with Crippen molar-refractivity contribution in [3.8, 4) is 0 Å². The molecule has 2 amide bonds. The molecule has 2 aromatic rings. The van der Waals surface area contributed by atoms with Crippen LogP contribution in [0.2, 0.25) is 0 Å². The summed E-state index contributed by atoms with van der Waals surface area (Å²) in [5.41, 5.74) is 0.515. The first-order chi connectivity index (χ1) is 10.8. The maximum atomic E-state index is 11.9. The van der Waals surface area contributed by atoms with Gasteiger partial charge in [-0.25, -0.2) is 9.48 Å². The predicted octanol–water partition coefficient (Wildman–Crippen LogP) is 2.46. The number of ether oxygens (including phenoxy) is 1. The number of hydrogen-bond acceptors (Lipinski definition) is 5. The van der Waals surface area contributed by atoms with E-state index in [0.29, 0.717) is 12.4 Å². The van der Waals surface area contributed by atoms with Gasteiger partial charge in [0.2, 0.25) is 5.91 Å². The van der Waals surface area contributed by atoms with Gasteiger partial charge in [0.05, 0.1) is 12.7 Å². The van der Waals surface area contributed by atoms with Gasteiger partial charge in [0.15, 0.2) is 0 Å². The van der Waals surface area contributed by atoms with E-state index in [0.717, 1.165) is 5.56 Å². The molecule has 2 rings (SSSR count). The number of hydrogen-bond donors (Lipinski definition) is 2. The van der Waals surface area contributed by atoms with Crippen LogP contribution in [0.25, 0.3) is 0 Å². The van der Waals surface area contributed by atoms with Crippen LogP contribution in [0, 0.1) is 0 Å². The summed E-state index contributed by atoms with van der Waals surface area (Å²) >= 11 is 1.61. The number of amides is 2. The summed E-state index contributed by atoms with van der Waals surface area (Å²) < 4.78 is 6.76. The van der Waals surface area contributed by atoms with E-state index in [1.54, 1.807) is 49.1 Å². The SMILES string of the molecule is CC(C)(C)OC(=O)NCC(=O)Nc1ccnn1Cc1ccsc1. The van der Waals surface area contributed by atoms with E-state index in [1.807, 2.05) is 16.8 Å². The Morgan fingerprint density at radius 2 is 2.13 bits per heavy atom. The van der Waals surface area contributed by atoms with Crippen LogP contribution >= 0.6 is 11.3 Å². The minimum absolute atomic E-state index is 0.168. The number of carbonyl (C=O) groups excluding carboxylic acids is 2. The molecule has 2 aromatic heterocycles. The first-order valence-electron chi connectivity index (χ1n) is 7.13. The van der Waals surface area contributed by atoms with Crippen LogP contribution in [0.15, 0.2) is 29.1 Å². The molecular formula is C15H20N4O3S. The lowest BCUT2D eigenvalue weighted by Crippen LogP contribution is -2.37. The van der Waals surface area contributed by atoms with Gasteiger partial charge in [0.25, 0.3) is 0 Å². The third-order valence-electron chi connectivity index (χ3n) is 2.69. The second-order valence-corrected chi connectivity index (χ2v) is 6.69. The van der Waals surface area contributed by atoms with Gasteiger partial charge >= 0.3 is 6.09 Å². The standard InChI is InChI=1S/C15H20N4O3S/c1-15(2,3)22-14(21)16-8-13(20)18-12-4-6-17-19(12)9-11-5-7-23-10-11/h4-7,10H,8-9H2,1-3H3,(H,16,21)(H,18,20). The fourth-order valence-corrected chi connectivity index (χ4v) is 2.43. The second-order valence-electron chi connectivity index (χ2n) is 5.91. The Morgan fingerprint density at radius 3 is 2.78 bits per heavy atom. The largest absolute Gasteiger partial charge is 0.444 e. The molecule has 0 unspecified atom stereocenters. The van der Waals surface area contributed by atoms with Crippen molar-refractivity contribution in [1.82, 2.24) is 15.1 Å². The summed E-state index contributed by atoms with van der Waals surface area (Å²) in [7, 11) is 0. The molecule has 7 nitrogen and oxygen atoms in total. The Kier molecular flexibility index (Phi) is 5.38. The number of rotatable bonds is 5. The zero-order valence-electron chi connectivity index (χ0n) is 13.3. The molecule has 2 heterocycles. The molecule has 0 aliphatic rings. The zero-order chi connectivity index (χ0) is 16.9. The van der Waals surface area contributed by atoms with Gasteiger partial charge in [0.1, 0.15) is 18.0 Å². The van der Waals surface area contributed by atoms with Gasteiger partial charge in [-0.2, -0.15) is 16.4 Å². The Hall–Kier alpha value is -2.35. The van der Waals surface area contributed by atoms with Crippen LogP contribution in [0.1, 0.15) is 26.3 Å². The average Bonchev–Trinajstić information content (AvgIpc) is 3.08. The smallest absolute Gasteiger partial charge is 0.408 e. The van der Waals surface area contributed by atoms with Crippen LogP contribution in [-0.4, -0.2) is 33.9 Å². The lowest BCUT2D eigenvalue weighted by atomic mass is 10.2. The molecule has 0 aliphatic heterocycles. The number of aromatic nitrogens is 2. The lowest BCUT2D eigenvalue weighted by Gasteiger charge is -2.19. The van der Waals surface area contributed by atoms with Crippen LogP contribution in [-0.2, 0) is 16.1 Å². The fourth-order valence-electron chi connectivity index (χ4n) is 1.77. The maximum Gasteiger partial charge on any atom is 0.408 e. The highest BCUT2D eigenvalue weighted by molar-refractivity contribution is 7.07. The van der Waals surface area contributed by atoms with E-state index in [9.17, 15) is 9.59 Å². The molecule has 0 atom stereocenters. The molecule has 2 N–H and O–H groups in total. The molecule has 0 saturated heterocycles. The minimum Gasteiger partial charge on any atom is -0.444 e. The minimum atomic E-state index is -0.626. The first-order valence-corrected chi connectivity index (χ1v) is 8.07. The van der Waals surface area contributed by atoms with Crippen molar-refractivity contribution in [2.75, 3.05) is 11.9 Å². The quantitative estimate of drug-likeness (QED) is 0.878. The van der Waals surface area contributed by atoms with Crippen molar-refractivity contribution < 1.29 is 14.3 Å². The van der Waals surface area contributed by atoms with Crippen LogP contribution in [0.4, 0.5) is 10.6 Å². The molecular weight excluding hydrogens is 316 g/mol. The highest BCUT2D eigenvalue weighted by atomic mass is 32.1. The predicted molar refractivity (Wildman–Crippen MR) is 88.5 cm³/mol. The Labute approximate surface area is 138 Å². The zero-order valence-corrected chi connectivity index (χ0v) is 14.1. The molecule has 0 radical (unpaired) electrons. The topological polar surface area (TPSA) is 85.2 Å². The van der Waals surface area contributed by atoms with Crippen LogP contribution in [0.5, 0.6) is 0 Å². The molecule has 0 spiro atoms. The fraction of sp³-hybridized carbons (Fsp3) is 0.400. The number of thiophene rings is 1. The highest BCUT2D eigenvalue weighted by Crippen LogP contribution is 2.12. The Balaban J connectivity index is 1.84. The number of anilines is 1. The summed E-state index contributed by atoms with van der Waals surface area (Å²) in [4.78, 5) is 23.4. The lowest BCUT2D eigenvalue weighted by molar-refractivity contribution is -0.115. The molecule has 0 saturated carbocycles. The van der Waals surface area contributed by atoms with Crippen LogP contribution < -0.4 is 10.6 Å². The van der Waals surface area contributed by atoms with Crippen LogP contribution in [0.3, 0.4) is 0 Å². The van der Waals surface area contributed by atoms with E-state index < -0.39 is 11.7 Å². The maximum absolute atomic E-state index is 11.9. The van der Waals surface area contributed by atoms with E-state index in [1.165, 1.54) is 0 Å². The van der Waals surface area contributed by atoms with Crippen molar-refractivity contribution in [2.45, 2.75) is 32.9 Å². The van der Waals surface area contributed by atoms with E-state index in [-0.39, 0.29) is 12.5 Å². The molecule has 23 heavy (non-hydrogen) atoms. The van der Waals surface area contributed by atoms with Gasteiger partial charge in [-0.15, -0.1) is 0 Å².